The van der Waals surface area contributed by atoms with E-state index >= 15 is 0 Å². The van der Waals surface area contributed by atoms with Gasteiger partial charge in [0.25, 0.3) is 0 Å². The van der Waals surface area contributed by atoms with Crippen LogP contribution in [0.25, 0.3) is 0 Å². The van der Waals surface area contributed by atoms with Crippen molar-refractivity contribution in [1.82, 2.24) is 0 Å². The highest BCUT2D eigenvalue weighted by molar-refractivity contribution is 5.11. The minimum absolute atomic E-state index is 0.477. The minimum atomic E-state index is 0.477. The van der Waals surface area contributed by atoms with Gasteiger partial charge in [0.05, 0.1) is 19.5 Å². The second kappa shape index (κ2) is 7.44. The van der Waals surface area contributed by atoms with Gasteiger partial charge < -0.3 is 19.6 Å². The molecule has 0 unspecified atom stereocenters. The van der Waals surface area contributed by atoms with E-state index in [9.17, 15) is 0 Å². The summed E-state index contributed by atoms with van der Waals surface area (Å²) in [6.45, 7) is 7.22. The van der Waals surface area contributed by atoms with Crippen molar-refractivity contribution in [2.45, 2.75) is 27.0 Å². The largest absolute Gasteiger partial charge is 0.467 e. The van der Waals surface area contributed by atoms with Crippen LogP contribution in [-0.4, -0.2) is 19.8 Å². The van der Waals surface area contributed by atoms with Crippen molar-refractivity contribution in [3.8, 4) is 0 Å². The van der Waals surface area contributed by atoms with Crippen LogP contribution in [-0.2, 0) is 22.6 Å². The van der Waals surface area contributed by atoms with Crippen molar-refractivity contribution in [3.63, 3.8) is 0 Å². The fourth-order valence-electron chi connectivity index (χ4n) is 1.22. The Morgan fingerprint density at radius 1 is 1.31 bits per heavy atom. The monoisotopic (exact) mass is 227 g/mol. The number of ether oxygens (including phenoxy) is 2. The van der Waals surface area contributed by atoms with Crippen LogP contribution in [0.3, 0.4) is 0 Å². The average Bonchev–Trinajstić information content (AvgIpc) is 2.70. The van der Waals surface area contributed by atoms with Gasteiger partial charge in [0, 0.05) is 18.7 Å². The lowest BCUT2D eigenvalue weighted by molar-refractivity contribution is 0.0264. The van der Waals surface area contributed by atoms with E-state index in [0.717, 1.165) is 17.9 Å². The van der Waals surface area contributed by atoms with E-state index in [1.165, 1.54) is 0 Å². The molecule has 92 valence electrons. The Balaban J connectivity index is 2.02. The Bertz CT molecular complexity index is 284. The number of hydrogen-bond donors (Lipinski definition) is 1. The Morgan fingerprint density at radius 3 is 2.69 bits per heavy atom. The molecule has 4 nitrogen and oxygen atoms in total. The first kappa shape index (κ1) is 13.2. The van der Waals surface area contributed by atoms with E-state index in [2.05, 4.69) is 13.8 Å². The summed E-state index contributed by atoms with van der Waals surface area (Å²) in [4.78, 5) is 0. The molecule has 2 N–H and O–H groups in total. The van der Waals surface area contributed by atoms with Crippen LogP contribution >= 0.6 is 0 Å². The number of furan rings is 1. The third kappa shape index (κ3) is 5.30. The van der Waals surface area contributed by atoms with Gasteiger partial charge in [-0.15, -0.1) is 0 Å². The van der Waals surface area contributed by atoms with E-state index < -0.39 is 0 Å². The first-order valence-corrected chi connectivity index (χ1v) is 5.64. The fraction of sp³-hybridized carbons (Fsp3) is 0.667. The van der Waals surface area contributed by atoms with Gasteiger partial charge in [-0.1, -0.05) is 13.8 Å². The van der Waals surface area contributed by atoms with Crippen molar-refractivity contribution in [3.05, 3.63) is 23.7 Å². The van der Waals surface area contributed by atoms with E-state index in [0.29, 0.717) is 32.3 Å². The SMILES string of the molecule is CC(C)COCCOCc1cc(CN)co1. The number of rotatable bonds is 8. The third-order valence-corrected chi connectivity index (χ3v) is 2.01. The molecular formula is C12H21NO3. The summed E-state index contributed by atoms with van der Waals surface area (Å²) >= 11 is 0. The Hall–Kier alpha value is -0.840. The van der Waals surface area contributed by atoms with Gasteiger partial charge in [0.2, 0.25) is 0 Å². The highest BCUT2D eigenvalue weighted by Crippen LogP contribution is 2.07. The molecule has 0 aliphatic carbocycles. The summed E-state index contributed by atoms with van der Waals surface area (Å²) in [6.07, 6.45) is 1.66. The molecule has 1 heterocycles. The molecule has 0 amide bonds. The molecule has 0 aliphatic heterocycles. The molecule has 4 heteroatoms. The standard InChI is InChI=1S/C12H21NO3/c1-10(2)7-14-3-4-15-9-12-5-11(6-13)8-16-12/h5,8,10H,3-4,6-7,9,13H2,1-2H3. The average molecular weight is 227 g/mol. The molecule has 0 fully saturated rings. The Morgan fingerprint density at radius 2 is 2.06 bits per heavy atom. The summed E-state index contributed by atoms with van der Waals surface area (Å²) in [6, 6.07) is 1.91. The molecule has 0 aliphatic rings. The summed E-state index contributed by atoms with van der Waals surface area (Å²) in [5, 5.41) is 0. The van der Waals surface area contributed by atoms with Crippen LogP contribution in [0.4, 0.5) is 0 Å². The van der Waals surface area contributed by atoms with E-state index in [1.54, 1.807) is 6.26 Å². The van der Waals surface area contributed by atoms with E-state index in [4.69, 9.17) is 19.6 Å². The molecule has 0 spiro atoms. The lowest BCUT2D eigenvalue weighted by atomic mass is 10.2. The number of nitrogens with two attached hydrogens (primary N) is 1. The predicted octanol–water partition coefficient (Wildman–Crippen LogP) is 1.93. The smallest absolute Gasteiger partial charge is 0.129 e. The highest BCUT2D eigenvalue weighted by atomic mass is 16.5. The molecule has 0 radical (unpaired) electrons. The van der Waals surface area contributed by atoms with Crippen molar-refractivity contribution in [1.29, 1.82) is 0 Å². The van der Waals surface area contributed by atoms with Crippen molar-refractivity contribution in [2.24, 2.45) is 11.7 Å². The lowest BCUT2D eigenvalue weighted by Gasteiger charge is -2.06. The number of hydrogen-bond acceptors (Lipinski definition) is 4. The molecule has 0 atom stereocenters. The van der Waals surface area contributed by atoms with Gasteiger partial charge in [-0.25, -0.2) is 0 Å². The topological polar surface area (TPSA) is 57.6 Å². The molecule has 0 bridgehead atoms. The summed E-state index contributed by atoms with van der Waals surface area (Å²) in [7, 11) is 0. The quantitative estimate of drug-likeness (QED) is 0.689. The normalized spacial score (nSPS) is 11.2. The van der Waals surface area contributed by atoms with Crippen molar-refractivity contribution >= 4 is 0 Å². The van der Waals surface area contributed by atoms with Crippen LogP contribution in [0.5, 0.6) is 0 Å². The fourth-order valence-corrected chi connectivity index (χ4v) is 1.22. The van der Waals surface area contributed by atoms with Crippen LogP contribution in [0.1, 0.15) is 25.2 Å². The van der Waals surface area contributed by atoms with E-state index in [1.807, 2.05) is 6.07 Å². The molecule has 1 aromatic heterocycles. The maximum Gasteiger partial charge on any atom is 0.129 e. The van der Waals surface area contributed by atoms with Crippen LogP contribution in [0.15, 0.2) is 16.7 Å². The van der Waals surface area contributed by atoms with Crippen molar-refractivity contribution in [2.75, 3.05) is 19.8 Å². The van der Waals surface area contributed by atoms with E-state index in [-0.39, 0.29) is 0 Å². The molecule has 0 saturated heterocycles. The van der Waals surface area contributed by atoms with Gasteiger partial charge in [0.1, 0.15) is 12.4 Å². The Kier molecular flexibility index (Phi) is 6.15. The van der Waals surface area contributed by atoms with Gasteiger partial charge in [-0.2, -0.15) is 0 Å². The van der Waals surface area contributed by atoms with Gasteiger partial charge in [-0.05, 0) is 12.0 Å². The molecule has 1 aromatic rings. The van der Waals surface area contributed by atoms with Crippen molar-refractivity contribution < 1.29 is 13.9 Å². The molecule has 16 heavy (non-hydrogen) atoms. The zero-order valence-corrected chi connectivity index (χ0v) is 10.1. The van der Waals surface area contributed by atoms with Crippen LogP contribution in [0, 0.1) is 5.92 Å². The minimum Gasteiger partial charge on any atom is -0.467 e. The first-order valence-electron chi connectivity index (χ1n) is 5.64. The second-order valence-corrected chi connectivity index (χ2v) is 4.15. The molecule has 1 rings (SSSR count). The molecular weight excluding hydrogens is 206 g/mol. The maximum atomic E-state index is 5.47. The second-order valence-electron chi connectivity index (χ2n) is 4.15. The molecule has 0 aromatic carbocycles. The maximum absolute atomic E-state index is 5.47. The summed E-state index contributed by atoms with van der Waals surface area (Å²) < 4.78 is 16.0. The summed E-state index contributed by atoms with van der Waals surface area (Å²) in [5.74, 6) is 1.38. The zero-order chi connectivity index (χ0) is 11.8. The summed E-state index contributed by atoms with van der Waals surface area (Å²) in [5.41, 5.74) is 6.46. The van der Waals surface area contributed by atoms with Gasteiger partial charge in [0.15, 0.2) is 0 Å². The van der Waals surface area contributed by atoms with Gasteiger partial charge >= 0.3 is 0 Å². The van der Waals surface area contributed by atoms with Crippen LogP contribution < -0.4 is 5.73 Å². The Labute approximate surface area is 96.7 Å². The highest BCUT2D eigenvalue weighted by Gasteiger charge is 2.00. The lowest BCUT2D eigenvalue weighted by Crippen LogP contribution is -2.08. The zero-order valence-electron chi connectivity index (χ0n) is 10.1. The first-order chi connectivity index (χ1) is 7.72. The third-order valence-electron chi connectivity index (χ3n) is 2.01. The molecule has 0 saturated carbocycles. The van der Waals surface area contributed by atoms with Crippen LogP contribution in [0.2, 0.25) is 0 Å². The predicted molar refractivity (Wildman–Crippen MR) is 61.9 cm³/mol. The van der Waals surface area contributed by atoms with Gasteiger partial charge in [-0.3, -0.25) is 0 Å².